The first kappa shape index (κ1) is 18.3. The van der Waals surface area contributed by atoms with Crippen LogP contribution < -0.4 is 4.72 Å². The molecule has 2 atom stereocenters. The van der Waals surface area contributed by atoms with Crippen molar-refractivity contribution in [2.45, 2.75) is 57.2 Å². The van der Waals surface area contributed by atoms with Gasteiger partial charge < -0.3 is 9.42 Å². The molecule has 7 nitrogen and oxygen atoms in total. The summed E-state index contributed by atoms with van der Waals surface area (Å²) < 4.78 is 45.4. The highest BCUT2D eigenvalue weighted by Gasteiger charge is 2.38. The molecule has 2 heterocycles. The molecule has 1 saturated carbocycles. The van der Waals surface area contributed by atoms with Crippen molar-refractivity contribution in [3.8, 4) is 0 Å². The van der Waals surface area contributed by atoms with Crippen molar-refractivity contribution in [1.29, 1.82) is 0 Å². The van der Waals surface area contributed by atoms with Gasteiger partial charge in [0.2, 0.25) is 10.0 Å². The number of carbonyl (C=O) groups is 1. The SMILES string of the molecule is CCCCS(=O)(=O)NC[C@@H]1C[C@H](F)CN1C(=O)c1cc(C2CC2)on1. The van der Waals surface area contributed by atoms with Gasteiger partial charge in [-0.1, -0.05) is 18.5 Å². The van der Waals surface area contributed by atoms with Gasteiger partial charge in [0.15, 0.2) is 5.69 Å². The van der Waals surface area contributed by atoms with Gasteiger partial charge >= 0.3 is 0 Å². The average Bonchev–Trinajstić information content (AvgIpc) is 3.18. The molecule has 1 N–H and O–H groups in total. The summed E-state index contributed by atoms with van der Waals surface area (Å²) in [6, 6.07) is 1.11. The monoisotopic (exact) mass is 373 g/mol. The summed E-state index contributed by atoms with van der Waals surface area (Å²) in [5, 5.41) is 3.80. The van der Waals surface area contributed by atoms with E-state index in [4.69, 9.17) is 4.52 Å². The number of hydrogen-bond acceptors (Lipinski definition) is 5. The molecular weight excluding hydrogens is 349 g/mol. The molecule has 9 heteroatoms. The van der Waals surface area contributed by atoms with Crippen molar-refractivity contribution in [1.82, 2.24) is 14.8 Å². The third-order valence-electron chi connectivity index (χ3n) is 4.66. The Bertz CT molecular complexity index is 717. The van der Waals surface area contributed by atoms with E-state index in [0.29, 0.717) is 18.1 Å². The maximum Gasteiger partial charge on any atom is 0.276 e. The van der Waals surface area contributed by atoms with Gasteiger partial charge in [-0.2, -0.15) is 0 Å². The van der Waals surface area contributed by atoms with E-state index in [9.17, 15) is 17.6 Å². The van der Waals surface area contributed by atoms with Crippen LogP contribution >= 0.6 is 0 Å². The molecule has 1 aliphatic heterocycles. The van der Waals surface area contributed by atoms with Crippen molar-refractivity contribution >= 4 is 15.9 Å². The lowest BCUT2D eigenvalue weighted by Gasteiger charge is -2.23. The van der Waals surface area contributed by atoms with Crippen molar-refractivity contribution in [3.05, 3.63) is 17.5 Å². The van der Waals surface area contributed by atoms with Gasteiger partial charge in [0.05, 0.1) is 12.3 Å². The van der Waals surface area contributed by atoms with Crippen LogP contribution in [0.1, 0.15) is 61.2 Å². The summed E-state index contributed by atoms with van der Waals surface area (Å²) in [6.45, 7) is 1.88. The van der Waals surface area contributed by atoms with Crippen LogP contribution in [0.15, 0.2) is 10.6 Å². The van der Waals surface area contributed by atoms with Gasteiger partial charge in [0, 0.05) is 31.0 Å². The molecule has 0 aromatic carbocycles. The van der Waals surface area contributed by atoms with E-state index < -0.39 is 28.1 Å². The fourth-order valence-electron chi connectivity index (χ4n) is 3.03. The second-order valence-electron chi connectivity index (χ2n) is 6.85. The Hall–Kier alpha value is -1.48. The lowest BCUT2D eigenvalue weighted by molar-refractivity contribution is 0.0721. The molecule has 0 radical (unpaired) electrons. The number of aromatic nitrogens is 1. The Balaban J connectivity index is 1.63. The van der Waals surface area contributed by atoms with Crippen molar-refractivity contribution in [2.24, 2.45) is 0 Å². The highest BCUT2D eigenvalue weighted by molar-refractivity contribution is 7.89. The first-order valence-electron chi connectivity index (χ1n) is 8.78. The normalized spacial score (nSPS) is 24.0. The van der Waals surface area contributed by atoms with Crippen LogP contribution in [0.25, 0.3) is 0 Å². The number of nitrogens with one attached hydrogen (secondary N) is 1. The standard InChI is InChI=1S/C16H24FN3O4S/c1-2-3-6-25(22,23)18-9-13-7-12(17)10-20(13)16(21)14-8-15(24-19-14)11-4-5-11/h8,11-13,18H,2-7,9-10H2,1H3/t12-,13-/m0/s1. The fourth-order valence-corrected chi connectivity index (χ4v) is 4.29. The second-order valence-corrected chi connectivity index (χ2v) is 8.78. The predicted octanol–water partition coefficient (Wildman–Crippen LogP) is 1.82. The van der Waals surface area contributed by atoms with Crippen LogP contribution in [0.2, 0.25) is 0 Å². The number of carbonyl (C=O) groups excluding carboxylic acids is 1. The quantitative estimate of drug-likeness (QED) is 0.750. The van der Waals surface area contributed by atoms with E-state index in [-0.39, 0.29) is 31.0 Å². The lowest BCUT2D eigenvalue weighted by Crippen LogP contribution is -2.43. The van der Waals surface area contributed by atoms with E-state index in [0.717, 1.165) is 19.3 Å². The molecule has 3 rings (SSSR count). The molecule has 1 aliphatic carbocycles. The van der Waals surface area contributed by atoms with Crippen molar-refractivity contribution in [2.75, 3.05) is 18.8 Å². The molecule has 25 heavy (non-hydrogen) atoms. The summed E-state index contributed by atoms with van der Waals surface area (Å²) in [7, 11) is -3.41. The molecule has 1 saturated heterocycles. The van der Waals surface area contributed by atoms with Crippen molar-refractivity contribution in [3.63, 3.8) is 0 Å². The van der Waals surface area contributed by atoms with E-state index in [1.165, 1.54) is 4.90 Å². The predicted molar refractivity (Wildman–Crippen MR) is 89.5 cm³/mol. The van der Waals surface area contributed by atoms with E-state index in [1.54, 1.807) is 6.07 Å². The first-order valence-corrected chi connectivity index (χ1v) is 10.4. The third kappa shape index (κ3) is 4.58. The van der Waals surface area contributed by atoms with Gasteiger partial charge in [-0.05, 0) is 19.3 Å². The summed E-state index contributed by atoms with van der Waals surface area (Å²) in [5.41, 5.74) is 0.162. The Morgan fingerprint density at radius 3 is 2.92 bits per heavy atom. The molecule has 140 valence electrons. The molecule has 1 amide bonds. The van der Waals surface area contributed by atoms with Crippen LogP contribution in [0, 0.1) is 0 Å². The Kier molecular flexibility index (Phi) is 5.43. The number of halogens is 1. The van der Waals surface area contributed by atoms with Crippen LogP contribution in [0.3, 0.4) is 0 Å². The van der Waals surface area contributed by atoms with Crippen LogP contribution in [-0.2, 0) is 10.0 Å². The number of unbranched alkanes of at least 4 members (excludes halogenated alkanes) is 1. The minimum atomic E-state index is -3.41. The number of rotatable bonds is 8. The fraction of sp³-hybridized carbons (Fsp3) is 0.750. The maximum atomic E-state index is 13.9. The Morgan fingerprint density at radius 2 is 2.24 bits per heavy atom. The number of nitrogens with zero attached hydrogens (tertiary/aromatic N) is 2. The summed E-state index contributed by atoms with van der Waals surface area (Å²) >= 11 is 0. The molecule has 1 aromatic rings. The molecule has 0 bridgehead atoms. The van der Waals surface area contributed by atoms with Gasteiger partial charge in [0.1, 0.15) is 11.9 Å². The second kappa shape index (κ2) is 7.41. The van der Waals surface area contributed by atoms with Gasteiger partial charge in [0.25, 0.3) is 5.91 Å². The van der Waals surface area contributed by atoms with Crippen molar-refractivity contribution < 1.29 is 22.1 Å². The zero-order valence-corrected chi connectivity index (χ0v) is 15.1. The number of amides is 1. The highest BCUT2D eigenvalue weighted by Crippen LogP contribution is 2.40. The largest absolute Gasteiger partial charge is 0.360 e. The van der Waals surface area contributed by atoms with Crippen LogP contribution in [-0.4, -0.2) is 55.4 Å². The summed E-state index contributed by atoms with van der Waals surface area (Å²) in [5.74, 6) is 0.657. The number of likely N-dealkylation sites (tertiary alicyclic amines) is 1. The van der Waals surface area contributed by atoms with Crippen LogP contribution in [0.4, 0.5) is 4.39 Å². The Labute approximate surface area is 147 Å². The summed E-state index contributed by atoms with van der Waals surface area (Å²) in [6.07, 6.45) is 2.36. The number of hydrogen-bond donors (Lipinski definition) is 1. The van der Waals surface area contributed by atoms with E-state index in [2.05, 4.69) is 9.88 Å². The highest BCUT2D eigenvalue weighted by atomic mass is 32.2. The van der Waals surface area contributed by atoms with Gasteiger partial charge in [-0.15, -0.1) is 0 Å². The Morgan fingerprint density at radius 1 is 1.48 bits per heavy atom. The van der Waals surface area contributed by atoms with E-state index >= 15 is 0 Å². The maximum absolute atomic E-state index is 13.9. The lowest BCUT2D eigenvalue weighted by atomic mass is 10.2. The molecule has 0 unspecified atom stereocenters. The zero-order valence-electron chi connectivity index (χ0n) is 14.3. The average molecular weight is 373 g/mol. The summed E-state index contributed by atoms with van der Waals surface area (Å²) in [4.78, 5) is 14.0. The molecule has 2 fully saturated rings. The van der Waals surface area contributed by atoms with Gasteiger partial charge in [-0.25, -0.2) is 17.5 Å². The molecule has 0 spiro atoms. The zero-order chi connectivity index (χ0) is 18.0. The number of alkyl halides is 1. The number of sulfonamides is 1. The third-order valence-corrected chi connectivity index (χ3v) is 6.09. The topological polar surface area (TPSA) is 92.5 Å². The first-order chi connectivity index (χ1) is 11.9. The smallest absolute Gasteiger partial charge is 0.276 e. The molecule has 2 aliphatic rings. The van der Waals surface area contributed by atoms with Crippen LogP contribution in [0.5, 0.6) is 0 Å². The minimum absolute atomic E-state index is 0.0194. The molecule has 1 aromatic heterocycles. The molecular formula is C16H24FN3O4S. The van der Waals surface area contributed by atoms with Gasteiger partial charge in [-0.3, -0.25) is 4.79 Å². The van der Waals surface area contributed by atoms with E-state index in [1.807, 2.05) is 6.92 Å². The minimum Gasteiger partial charge on any atom is -0.360 e.